The Balaban J connectivity index is 3.09. The molecule has 0 aliphatic rings. The molecule has 0 aliphatic carbocycles. The van der Waals surface area contributed by atoms with Crippen molar-refractivity contribution in [2.24, 2.45) is 0 Å². The lowest BCUT2D eigenvalue weighted by atomic mass is 10.1. The van der Waals surface area contributed by atoms with Crippen LogP contribution < -0.4 is 5.32 Å². The van der Waals surface area contributed by atoms with E-state index in [0.29, 0.717) is 0 Å². The number of non-ortho nitro benzene ring substituents is 1. The second kappa shape index (κ2) is 4.59. The maximum absolute atomic E-state index is 10.6. The molecular formula is C11H14N2O2. The Labute approximate surface area is 88.8 Å². The third-order valence-electron chi connectivity index (χ3n) is 1.91. The molecule has 80 valence electrons. The van der Waals surface area contributed by atoms with Crippen LogP contribution in [0.4, 0.5) is 11.4 Å². The van der Waals surface area contributed by atoms with Gasteiger partial charge >= 0.3 is 0 Å². The lowest BCUT2D eigenvalue weighted by molar-refractivity contribution is -0.384. The van der Waals surface area contributed by atoms with Gasteiger partial charge in [0.25, 0.3) is 5.69 Å². The molecule has 1 N–H and O–H groups in total. The zero-order valence-corrected chi connectivity index (χ0v) is 8.86. The number of benzene rings is 1. The highest BCUT2D eigenvalue weighted by Crippen LogP contribution is 2.23. The first-order valence-corrected chi connectivity index (χ1v) is 4.72. The molecule has 0 amide bonds. The molecule has 0 heterocycles. The van der Waals surface area contributed by atoms with Crippen LogP contribution in [0.1, 0.15) is 19.4 Å². The predicted molar refractivity (Wildman–Crippen MR) is 61.9 cm³/mol. The van der Waals surface area contributed by atoms with Gasteiger partial charge in [-0.15, -0.1) is 0 Å². The normalized spacial score (nSPS) is 10.1. The maximum atomic E-state index is 10.6. The van der Waals surface area contributed by atoms with Gasteiger partial charge in [-0.05, 0) is 19.9 Å². The Morgan fingerprint density at radius 2 is 2.20 bits per heavy atom. The molecule has 0 atom stereocenters. The second-order valence-electron chi connectivity index (χ2n) is 3.53. The van der Waals surface area contributed by atoms with Crippen molar-refractivity contribution in [1.82, 2.24) is 0 Å². The summed E-state index contributed by atoms with van der Waals surface area (Å²) < 4.78 is 0. The Morgan fingerprint density at radius 3 is 2.67 bits per heavy atom. The van der Waals surface area contributed by atoms with Crippen molar-refractivity contribution < 1.29 is 4.92 Å². The van der Waals surface area contributed by atoms with E-state index < -0.39 is 4.92 Å². The summed E-state index contributed by atoms with van der Waals surface area (Å²) in [5.41, 5.74) is 1.70. The molecular weight excluding hydrogens is 192 g/mol. The summed E-state index contributed by atoms with van der Waals surface area (Å²) in [6, 6.07) is 4.98. The molecule has 0 saturated carbocycles. The molecule has 0 bridgehead atoms. The van der Waals surface area contributed by atoms with E-state index in [4.69, 9.17) is 0 Å². The summed E-state index contributed by atoms with van der Waals surface area (Å²) in [6.45, 7) is 7.65. The summed E-state index contributed by atoms with van der Waals surface area (Å²) in [6.07, 6.45) is 1.61. The number of nitrogens with one attached hydrogen (secondary N) is 1. The van der Waals surface area contributed by atoms with E-state index in [2.05, 4.69) is 11.9 Å². The minimum absolute atomic E-state index is 0.0826. The lowest BCUT2D eigenvalue weighted by Gasteiger charge is -2.12. The highest BCUT2D eigenvalue weighted by Gasteiger charge is 2.08. The van der Waals surface area contributed by atoms with Gasteiger partial charge in [0.15, 0.2) is 0 Å². The van der Waals surface area contributed by atoms with Crippen LogP contribution in [0.25, 0.3) is 6.08 Å². The number of nitro benzene ring substituents is 1. The fourth-order valence-electron chi connectivity index (χ4n) is 1.28. The van der Waals surface area contributed by atoms with Crippen LogP contribution in [0.5, 0.6) is 0 Å². The fourth-order valence-corrected chi connectivity index (χ4v) is 1.28. The Bertz CT molecular complexity index is 386. The molecule has 0 radical (unpaired) electrons. The molecule has 1 rings (SSSR count). The van der Waals surface area contributed by atoms with Crippen LogP contribution >= 0.6 is 0 Å². The van der Waals surface area contributed by atoms with Gasteiger partial charge in [-0.25, -0.2) is 0 Å². The van der Waals surface area contributed by atoms with Gasteiger partial charge < -0.3 is 5.32 Å². The molecule has 1 aromatic rings. The van der Waals surface area contributed by atoms with E-state index in [-0.39, 0.29) is 11.7 Å². The van der Waals surface area contributed by atoms with Crippen molar-refractivity contribution in [3.05, 3.63) is 40.5 Å². The summed E-state index contributed by atoms with van der Waals surface area (Å²) in [5, 5.41) is 13.7. The van der Waals surface area contributed by atoms with Crippen molar-refractivity contribution in [2.45, 2.75) is 19.9 Å². The summed E-state index contributed by atoms with van der Waals surface area (Å²) in [5.74, 6) is 0. The van der Waals surface area contributed by atoms with E-state index in [1.807, 2.05) is 13.8 Å². The molecule has 0 aliphatic heterocycles. The first-order valence-electron chi connectivity index (χ1n) is 4.72. The molecule has 0 saturated heterocycles. The molecule has 4 heteroatoms. The molecule has 0 aromatic heterocycles. The molecule has 1 aromatic carbocycles. The van der Waals surface area contributed by atoms with Gasteiger partial charge in [-0.3, -0.25) is 10.1 Å². The van der Waals surface area contributed by atoms with E-state index in [1.54, 1.807) is 12.1 Å². The zero-order valence-electron chi connectivity index (χ0n) is 8.86. The number of anilines is 1. The third kappa shape index (κ3) is 2.80. The Kier molecular flexibility index (Phi) is 3.44. The van der Waals surface area contributed by atoms with Crippen molar-refractivity contribution in [3.8, 4) is 0 Å². The highest BCUT2D eigenvalue weighted by atomic mass is 16.6. The van der Waals surface area contributed by atoms with Gasteiger partial charge in [0.1, 0.15) is 0 Å². The minimum atomic E-state index is -0.411. The summed E-state index contributed by atoms with van der Waals surface area (Å²) >= 11 is 0. The van der Waals surface area contributed by atoms with Gasteiger partial charge in [0.2, 0.25) is 0 Å². The van der Waals surface area contributed by atoms with Crippen LogP contribution in [-0.4, -0.2) is 11.0 Å². The monoisotopic (exact) mass is 206 g/mol. The summed E-state index contributed by atoms with van der Waals surface area (Å²) in [7, 11) is 0. The average molecular weight is 206 g/mol. The maximum Gasteiger partial charge on any atom is 0.270 e. The van der Waals surface area contributed by atoms with Crippen LogP contribution in [0.15, 0.2) is 24.8 Å². The minimum Gasteiger partial charge on any atom is -0.382 e. The van der Waals surface area contributed by atoms with E-state index in [1.165, 1.54) is 12.1 Å². The van der Waals surface area contributed by atoms with Gasteiger partial charge in [0, 0.05) is 29.4 Å². The van der Waals surface area contributed by atoms with Gasteiger partial charge in [0.05, 0.1) is 4.92 Å². The number of hydrogen-bond acceptors (Lipinski definition) is 3. The molecule has 0 fully saturated rings. The van der Waals surface area contributed by atoms with Crippen molar-refractivity contribution in [1.29, 1.82) is 0 Å². The van der Waals surface area contributed by atoms with Crippen molar-refractivity contribution >= 4 is 17.5 Å². The van der Waals surface area contributed by atoms with Crippen LogP contribution in [0.2, 0.25) is 0 Å². The molecule has 4 nitrogen and oxygen atoms in total. The van der Waals surface area contributed by atoms with Gasteiger partial charge in [-0.2, -0.15) is 0 Å². The Morgan fingerprint density at radius 1 is 1.53 bits per heavy atom. The topological polar surface area (TPSA) is 55.2 Å². The quantitative estimate of drug-likeness (QED) is 0.608. The van der Waals surface area contributed by atoms with E-state index >= 15 is 0 Å². The fraction of sp³-hybridized carbons (Fsp3) is 0.273. The van der Waals surface area contributed by atoms with Crippen molar-refractivity contribution in [2.75, 3.05) is 5.32 Å². The van der Waals surface area contributed by atoms with Crippen LogP contribution in [0, 0.1) is 10.1 Å². The van der Waals surface area contributed by atoms with Crippen LogP contribution in [0.3, 0.4) is 0 Å². The SMILES string of the molecule is C=Cc1cc([N+](=O)[O-])ccc1NC(C)C. The number of rotatable bonds is 4. The zero-order chi connectivity index (χ0) is 11.4. The second-order valence-corrected chi connectivity index (χ2v) is 3.53. The molecule has 15 heavy (non-hydrogen) atoms. The summed E-state index contributed by atoms with van der Waals surface area (Å²) in [4.78, 5) is 10.1. The predicted octanol–water partition coefficient (Wildman–Crippen LogP) is 3.06. The van der Waals surface area contributed by atoms with Crippen LogP contribution in [-0.2, 0) is 0 Å². The Hall–Kier alpha value is -1.84. The largest absolute Gasteiger partial charge is 0.382 e. The lowest BCUT2D eigenvalue weighted by Crippen LogP contribution is -2.10. The number of nitro groups is 1. The first-order chi connectivity index (χ1) is 7.04. The smallest absolute Gasteiger partial charge is 0.270 e. The van der Waals surface area contributed by atoms with E-state index in [9.17, 15) is 10.1 Å². The van der Waals surface area contributed by atoms with E-state index in [0.717, 1.165) is 11.3 Å². The molecule has 0 unspecified atom stereocenters. The molecule has 0 spiro atoms. The number of nitrogens with zero attached hydrogens (tertiary/aromatic N) is 1. The van der Waals surface area contributed by atoms with Crippen molar-refractivity contribution in [3.63, 3.8) is 0 Å². The number of hydrogen-bond donors (Lipinski definition) is 1. The van der Waals surface area contributed by atoms with Gasteiger partial charge in [-0.1, -0.05) is 12.7 Å². The third-order valence-corrected chi connectivity index (χ3v) is 1.91. The highest BCUT2D eigenvalue weighted by molar-refractivity contribution is 5.68. The average Bonchev–Trinajstić information content (AvgIpc) is 2.17. The standard InChI is InChI=1S/C11H14N2O2/c1-4-9-7-10(13(14)15)5-6-11(9)12-8(2)3/h4-8,12H,1H2,2-3H3. The first kappa shape index (κ1) is 11.2.